The van der Waals surface area contributed by atoms with Gasteiger partial charge >= 0.3 is 6.61 Å². The monoisotopic (exact) mass is 482 g/mol. The minimum absolute atomic E-state index is 0.139. The fraction of sp³-hybridized carbons (Fsp3) is 0.333. The fourth-order valence-corrected chi connectivity index (χ4v) is 5.07. The highest BCUT2D eigenvalue weighted by molar-refractivity contribution is 7.90. The molecule has 0 aliphatic carbocycles. The lowest BCUT2D eigenvalue weighted by molar-refractivity contribution is -0.122. The Morgan fingerprint density at radius 1 is 1.33 bits per heavy atom. The average Bonchev–Trinajstić information content (AvgIpc) is 3.20. The lowest BCUT2D eigenvalue weighted by Crippen LogP contribution is -2.50. The topological polar surface area (TPSA) is 114 Å². The molecule has 9 nitrogen and oxygen atoms in total. The van der Waals surface area contributed by atoms with Gasteiger partial charge in [0.2, 0.25) is 0 Å². The number of rotatable bonds is 6. The number of pyridine rings is 1. The second kappa shape index (κ2) is 10.6. The number of benzene rings is 1. The molecule has 178 valence electrons. The number of ether oxygens (including phenoxy) is 1. The Morgan fingerprint density at radius 2 is 2.09 bits per heavy atom. The first-order chi connectivity index (χ1) is 15.8. The van der Waals surface area contributed by atoms with Crippen molar-refractivity contribution in [3.63, 3.8) is 0 Å². The van der Waals surface area contributed by atoms with Crippen LogP contribution in [0, 0.1) is 0 Å². The first-order valence-electron chi connectivity index (χ1n) is 10.1. The number of aromatic nitrogens is 2. The summed E-state index contributed by atoms with van der Waals surface area (Å²) in [6.45, 7) is 1.07. The maximum Gasteiger partial charge on any atom is 0.387 e. The van der Waals surface area contributed by atoms with E-state index in [-0.39, 0.29) is 17.1 Å². The predicted molar refractivity (Wildman–Crippen MR) is 118 cm³/mol. The molecule has 1 fully saturated rings. The first-order valence-corrected chi connectivity index (χ1v) is 11.6. The van der Waals surface area contributed by atoms with E-state index < -0.39 is 16.6 Å². The standard InChI is InChI=1S/C20H22F2N4O3S.CH2O2/c1-2-14-12-25(10-9-23-14)18-13-26(17-7-4-8-24-19(17)18)30(27,28)16-6-3-5-15(11-16)29-20(21)22;2-1-3/h3-8,11,13-14,20,23H,2,9-10,12H2,1H3;1H,(H,2,3)/t14-;/m1./s1. The zero-order valence-corrected chi connectivity index (χ0v) is 18.6. The third kappa shape index (κ3) is 5.40. The van der Waals surface area contributed by atoms with E-state index >= 15 is 0 Å². The molecule has 0 bridgehead atoms. The molecule has 0 spiro atoms. The van der Waals surface area contributed by atoms with Gasteiger partial charge in [-0.3, -0.25) is 9.78 Å². The van der Waals surface area contributed by atoms with E-state index in [1.807, 2.05) is 0 Å². The number of carboxylic acid groups (broad SMARTS) is 1. The molecule has 1 aliphatic heterocycles. The molecular formula is C21H24F2N4O5S. The van der Waals surface area contributed by atoms with Crippen LogP contribution < -0.4 is 15.0 Å². The van der Waals surface area contributed by atoms with Gasteiger partial charge < -0.3 is 20.1 Å². The molecule has 0 saturated carbocycles. The average molecular weight is 483 g/mol. The molecule has 0 radical (unpaired) electrons. The Labute approximate surface area is 189 Å². The molecule has 1 atom stereocenters. The Kier molecular flexibility index (Phi) is 7.82. The minimum atomic E-state index is -4.05. The van der Waals surface area contributed by atoms with Crippen molar-refractivity contribution >= 4 is 33.2 Å². The first kappa shape index (κ1) is 24.4. The number of alkyl halides is 2. The second-order valence-electron chi connectivity index (χ2n) is 7.15. The molecule has 0 amide bonds. The Bertz CT molecular complexity index is 1200. The van der Waals surface area contributed by atoms with Crippen molar-refractivity contribution in [1.82, 2.24) is 14.3 Å². The molecule has 1 aliphatic rings. The summed E-state index contributed by atoms with van der Waals surface area (Å²) in [5.74, 6) is -0.214. The number of halogens is 2. The highest BCUT2D eigenvalue weighted by Gasteiger charge is 2.27. The highest BCUT2D eigenvalue weighted by atomic mass is 32.2. The summed E-state index contributed by atoms with van der Waals surface area (Å²) in [6, 6.07) is 8.77. The van der Waals surface area contributed by atoms with Crippen molar-refractivity contribution in [2.45, 2.75) is 30.9 Å². The van der Waals surface area contributed by atoms with E-state index in [1.165, 1.54) is 18.2 Å². The predicted octanol–water partition coefficient (Wildman–Crippen LogP) is 2.76. The Balaban J connectivity index is 0.000000968. The van der Waals surface area contributed by atoms with E-state index in [1.54, 1.807) is 24.5 Å². The van der Waals surface area contributed by atoms with Gasteiger partial charge in [0, 0.05) is 44.1 Å². The van der Waals surface area contributed by atoms with Gasteiger partial charge in [0.25, 0.3) is 16.5 Å². The van der Waals surface area contributed by atoms with Crippen molar-refractivity contribution in [2.24, 2.45) is 0 Å². The molecular weight excluding hydrogens is 458 g/mol. The summed E-state index contributed by atoms with van der Waals surface area (Å²) >= 11 is 0. The second-order valence-corrected chi connectivity index (χ2v) is 8.97. The Morgan fingerprint density at radius 3 is 2.79 bits per heavy atom. The summed E-state index contributed by atoms with van der Waals surface area (Å²) in [5, 5.41) is 10.3. The molecule has 12 heteroatoms. The van der Waals surface area contributed by atoms with Crippen LogP contribution in [0.2, 0.25) is 0 Å². The quantitative estimate of drug-likeness (QED) is 0.516. The number of hydrogen-bond acceptors (Lipinski definition) is 7. The van der Waals surface area contributed by atoms with Crippen LogP contribution in [0.25, 0.3) is 11.0 Å². The van der Waals surface area contributed by atoms with Crippen LogP contribution in [0.1, 0.15) is 13.3 Å². The van der Waals surface area contributed by atoms with Gasteiger partial charge in [-0.15, -0.1) is 0 Å². The van der Waals surface area contributed by atoms with Gasteiger partial charge in [-0.2, -0.15) is 8.78 Å². The number of hydrogen-bond donors (Lipinski definition) is 2. The summed E-state index contributed by atoms with van der Waals surface area (Å²) in [4.78, 5) is 14.8. The number of fused-ring (bicyclic) bond motifs is 1. The van der Waals surface area contributed by atoms with Crippen molar-refractivity contribution in [3.8, 4) is 5.75 Å². The van der Waals surface area contributed by atoms with Gasteiger partial charge in [0.1, 0.15) is 11.3 Å². The number of nitrogens with zero attached hydrogens (tertiary/aromatic N) is 3. The molecule has 0 unspecified atom stereocenters. The van der Waals surface area contributed by atoms with Crippen molar-refractivity contribution < 1.29 is 31.8 Å². The minimum Gasteiger partial charge on any atom is -0.483 e. The fourth-order valence-electron chi connectivity index (χ4n) is 3.69. The van der Waals surface area contributed by atoms with Crippen LogP contribution in [0.3, 0.4) is 0 Å². The van der Waals surface area contributed by atoms with Gasteiger partial charge in [0.05, 0.1) is 16.1 Å². The van der Waals surface area contributed by atoms with Crippen LogP contribution in [0.4, 0.5) is 14.5 Å². The van der Waals surface area contributed by atoms with Crippen molar-refractivity contribution in [1.29, 1.82) is 0 Å². The maximum absolute atomic E-state index is 13.4. The van der Waals surface area contributed by atoms with Crippen LogP contribution >= 0.6 is 0 Å². The molecule has 3 heterocycles. The lowest BCUT2D eigenvalue weighted by Gasteiger charge is -2.34. The third-order valence-electron chi connectivity index (χ3n) is 5.18. The van der Waals surface area contributed by atoms with Crippen LogP contribution in [0.15, 0.2) is 53.7 Å². The SMILES string of the molecule is CC[C@@H]1CN(c2cn(S(=O)(=O)c3cccc(OC(F)F)c3)c3cccnc23)CCN1.O=CO. The number of carbonyl (C=O) groups is 1. The van der Waals surface area contributed by atoms with Gasteiger partial charge in [0.15, 0.2) is 0 Å². The van der Waals surface area contributed by atoms with Crippen molar-refractivity contribution in [2.75, 3.05) is 24.5 Å². The third-order valence-corrected chi connectivity index (χ3v) is 6.85. The van der Waals surface area contributed by atoms with E-state index in [4.69, 9.17) is 9.90 Å². The largest absolute Gasteiger partial charge is 0.483 e. The van der Waals surface area contributed by atoms with Crippen molar-refractivity contribution in [3.05, 3.63) is 48.8 Å². The molecule has 2 aromatic heterocycles. The van der Waals surface area contributed by atoms with Crippen LogP contribution in [-0.4, -0.2) is 61.2 Å². The lowest BCUT2D eigenvalue weighted by atomic mass is 10.1. The van der Waals surface area contributed by atoms with Gasteiger partial charge in [-0.05, 0) is 30.7 Å². The van der Waals surface area contributed by atoms with E-state index in [0.29, 0.717) is 17.1 Å². The zero-order valence-electron chi connectivity index (χ0n) is 17.8. The molecule has 2 N–H and O–H groups in total. The highest BCUT2D eigenvalue weighted by Crippen LogP contribution is 2.32. The molecule has 33 heavy (non-hydrogen) atoms. The van der Waals surface area contributed by atoms with Gasteiger partial charge in [-0.25, -0.2) is 12.4 Å². The number of piperazine rings is 1. The van der Waals surface area contributed by atoms with E-state index in [9.17, 15) is 17.2 Å². The normalized spacial score (nSPS) is 16.4. The summed E-state index contributed by atoms with van der Waals surface area (Å²) in [6.07, 6.45) is 4.14. The molecule has 3 aromatic rings. The maximum atomic E-state index is 13.4. The summed E-state index contributed by atoms with van der Waals surface area (Å²) in [5.41, 5.74) is 1.74. The van der Waals surface area contributed by atoms with Crippen LogP contribution in [-0.2, 0) is 14.8 Å². The summed E-state index contributed by atoms with van der Waals surface area (Å²) in [7, 11) is -4.05. The zero-order chi connectivity index (χ0) is 24.0. The van der Waals surface area contributed by atoms with Crippen LogP contribution in [0.5, 0.6) is 5.75 Å². The molecule has 4 rings (SSSR count). The molecule has 1 aromatic carbocycles. The van der Waals surface area contributed by atoms with E-state index in [2.05, 4.69) is 26.9 Å². The van der Waals surface area contributed by atoms with Gasteiger partial charge in [-0.1, -0.05) is 13.0 Å². The smallest absolute Gasteiger partial charge is 0.387 e. The Hall–Kier alpha value is -3.25. The molecule has 1 saturated heterocycles. The summed E-state index contributed by atoms with van der Waals surface area (Å²) < 4.78 is 57.4. The number of anilines is 1. The number of nitrogens with one attached hydrogen (secondary N) is 1. The van der Waals surface area contributed by atoms with E-state index in [0.717, 1.165) is 41.8 Å².